The molecule has 0 heterocycles. The van der Waals surface area contributed by atoms with Gasteiger partial charge >= 0.3 is 17.9 Å². The van der Waals surface area contributed by atoms with Gasteiger partial charge in [0.05, 0.1) is 0 Å². The lowest BCUT2D eigenvalue weighted by molar-refractivity contribution is -0.167. The van der Waals surface area contributed by atoms with Gasteiger partial charge in [-0.3, -0.25) is 14.4 Å². The number of carbonyl (C=O) groups is 3. The van der Waals surface area contributed by atoms with Crippen LogP contribution in [0.3, 0.4) is 0 Å². The van der Waals surface area contributed by atoms with Crippen molar-refractivity contribution >= 4 is 17.9 Å². The van der Waals surface area contributed by atoms with Gasteiger partial charge in [0.2, 0.25) is 0 Å². The Morgan fingerprint density at radius 1 is 0.275 bits per heavy atom. The SMILES string of the molecule is CCCCCCCCCCCCCCCCC(=O)O[C@H](COC(=O)CCCCCCCCCCCCCCCCCCC(C)C)COC(=O)CCCCCCCCCCCCCCCCCC(C)C. The summed E-state index contributed by atoms with van der Waals surface area (Å²) >= 11 is 0. The van der Waals surface area contributed by atoms with Crippen LogP contribution in [0.5, 0.6) is 0 Å². The summed E-state index contributed by atoms with van der Waals surface area (Å²) in [5.74, 6) is 0.870. The summed E-state index contributed by atoms with van der Waals surface area (Å²) in [4.78, 5) is 38.3. The van der Waals surface area contributed by atoms with E-state index in [4.69, 9.17) is 14.2 Å². The first-order chi connectivity index (χ1) is 33.7. The number of hydrogen-bond acceptors (Lipinski definition) is 6. The number of ether oxygens (including phenoxy) is 3. The van der Waals surface area contributed by atoms with Crippen LogP contribution in [-0.2, 0) is 28.6 Å². The highest BCUT2D eigenvalue weighted by Crippen LogP contribution is 2.19. The summed E-state index contributed by atoms with van der Waals surface area (Å²) in [6, 6.07) is 0. The molecule has 0 saturated carbocycles. The molecule has 0 saturated heterocycles. The van der Waals surface area contributed by atoms with E-state index in [1.54, 1.807) is 0 Å². The summed E-state index contributed by atoms with van der Waals surface area (Å²) in [6.07, 6.45) is 61.0. The fourth-order valence-electron chi connectivity index (χ4n) is 9.76. The van der Waals surface area contributed by atoms with Crippen LogP contribution >= 0.6 is 0 Å². The first-order valence-electron chi connectivity index (χ1n) is 31.2. The number of unbranched alkanes of at least 4 members (excludes halogenated alkanes) is 42. The van der Waals surface area contributed by atoms with E-state index in [0.717, 1.165) is 69.6 Å². The van der Waals surface area contributed by atoms with Crippen LogP contribution in [0.4, 0.5) is 0 Å². The molecule has 6 nitrogen and oxygen atoms in total. The molecule has 0 bridgehead atoms. The predicted octanol–water partition coefficient (Wildman–Crippen LogP) is 20.8. The molecule has 1 atom stereocenters. The van der Waals surface area contributed by atoms with Crippen LogP contribution in [0, 0.1) is 11.8 Å². The molecule has 0 N–H and O–H groups in total. The van der Waals surface area contributed by atoms with Crippen molar-refractivity contribution in [1.82, 2.24) is 0 Å². The van der Waals surface area contributed by atoms with Gasteiger partial charge in [0.1, 0.15) is 13.2 Å². The molecule has 0 rings (SSSR count). The van der Waals surface area contributed by atoms with E-state index in [-0.39, 0.29) is 31.1 Å². The summed E-state index contributed by atoms with van der Waals surface area (Å²) in [6.45, 7) is 11.5. The highest BCUT2D eigenvalue weighted by atomic mass is 16.6. The van der Waals surface area contributed by atoms with Crippen molar-refractivity contribution in [1.29, 1.82) is 0 Å². The average Bonchev–Trinajstić information content (AvgIpc) is 3.32. The normalized spacial score (nSPS) is 12.0. The third-order valence-corrected chi connectivity index (χ3v) is 14.5. The Bertz CT molecular complexity index is 1060. The summed E-state index contributed by atoms with van der Waals surface area (Å²) in [5, 5.41) is 0. The molecular weight excluding hydrogens is 853 g/mol. The second-order valence-corrected chi connectivity index (χ2v) is 22.6. The van der Waals surface area contributed by atoms with E-state index in [1.807, 2.05) is 0 Å². The molecule has 0 aliphatic heterocycles. The topological polar surface area (TPSA) is 78.9 Å². The van der Waals surface area contributed by atoms with Crippen molar-refractivity contribution in [2.24, 2.45) is 11.8 Å². The molecule has 0 aromatic heterocycles. The van der Waals surface area contributed by atoms with E-state index in [0.29, 0.717) is 19.3 Å². The Hall–Kier alpha value is -1.59. The van der Waals surface area contributed by atoms with Gasteiger partial charge in [0.25, 0.3) is 0 Å². The van der Waals surface area contributed by atoms with Crippen molar-refractivity contribution in [3.63, 3.8) is 0 Å². The monoisotopic (exact) mass is 975 g/mol. The molecule has 0 fully saturated rings. The number of esters is 3. The third-order valence-electron chi connectivity index (χ3n) is 14.5. The summed E-state index contributed by atoms with van der Waals surface area (Å²) in [5.41, 5.74) is 0. The van der Waals surface area contributed by atoms with E-state index in [9.17, 15) is 14.4 Å². The predicted molar refractivity (Wildman–Crippen MR) is 298 cm³/mol. The Balaban J connectivity index is 4.26. The maximum absolute atomic E-state index is 12.9. The number of carbonyl (C=O) groups excluding carboxylic acids is 3. The second kappa shape index (κ2) is 55.7. The van der Waals surface area contributed by atoms with E-state index in [2.05, 4.69) is 34.6 Å². The van der Waals surface area contributed by atoms with Crippen molar-refractivity contribution in [3.8, 4) is 0 Å². The molecule has 6 heteroatoms. The molecule has 0 radical (unpaired) electrons. The molecule has 0 aliphatic rings. The highest BCUT2D eigenvalue weighted by molar-refractivity contribution is 5.71. The van der Waals surface area contributed by atoms with Gasteiger partial charge in [-0.25, -0.2) is 0 Å². The third kappa shape index (κ3) is 57.2. The lowest BCUT2D eigenvalue weighted by Gasteiger charge is -2.18. The minimum Gasteiger partial charge on any atom is -0.462 e. The molecule has 0 unspecified atom stereocenters. The Kier molecular flexibility index (Phi) is 54.4. The molecule has 0 spiro atoms. The Morgan fingerprint density at radius 3 is 0.710 bits per heavy atom. The largest absolute Gasteiger partial charge is 0.462 e. The van der Waals surface area contributed by atoms with Crippen LogP contribution < -0.4 is 0 Å². The molecule has 69 heavy (non-hydrogen) atoms. The number of hydrogen-bond donors (Lipinski definition) is 0. The average molecular weight is 976 g/mol. The minimum atomic E-state index is -0.763. The maximum Gasteiger partial charge on any atom is 0.306 e. The first-order valence-corrected chi connectivity index (χ1v) is 31.2. The molecule has 0 aromatic carbocycles. The Labute approximate surface area is 431 Å². The zero-order valence-corrected chi connectivity index (χ0v) is 47.5. The van der Waals surface area contributed by atoms with Crippen LogP contribution in [-0.4, -0.2) is 37.2 Å². The van der Waals surface area contributed by atoms with Crippen LogP contribution in [0.2, 0.25) is 0 Å². The van der Waals surface area contributed by atoms with Gasteiger partial charge in [-0.1, -0.05) is 317 Å². The fourth-order valence-corrected chi connectivity index (χ4v) is 9.76. The van der Waals surface area contributed by atoms with Gasteiger partial charge in [0, 0.05) is 19.3 Å². The van der Waals surface area contributed by atoms with Crippen LogP contribution in [0.15, 0.2) is 0 Å². The van der Waals surface area contributed by atoms with E-state index >= 15 is 0 Å². The highest BCUT2D eigenvalue weighted by Gasteiger charge is 2.19. The van der Waals surface area contributed by atoms with Crippen molar-refractivity contribution in [2.45, 2.75) is 362 Å². The summed E-state index contributed by atoms with van der Waals surface area (Å²) < 4.78 is 16.9. The van der Waals surface area contributed by atoms with Crippen molar-refractivity contribution in [3.05, 3.63) is 0 Å². The van der Waals surface area contributed by atoms with Gasteiger partial charge in [-0.15, -0.1) is 0 Å². The van der Waals surface area contributed by atoms with Gasteiger partial charge in [0.15, 0.2) is 6.10 Å². The minimum absolute atomic E-state index is 0.0619. The zero-order chi connectivity index (χ0) is 50.4. The lowest BCUT2D eigenvalue weighted by atomic mass is 10.0. The van der Waals surface area contributed by atoms with Gasteiger partial charge in [-0.2, -0.15) is 0 Å². The Morgan fingerprint density at radius 2 is 0.478 bits per heavy atom. The zero-order valence-electron chi connectivity index (χ0n) is 47.5. The second-order valence-electron chi connectivity index (χ2n) is 22.6. The van der Waals surface area contributed by atoms with Crippen LogP contribution in [0.1, 0.15) is 356 Å². The maximum atomic E-state index is 12.9. The van der Waals surface area contributed by atoms with Crippen molar-refractivity contribution < 1.29 is 28.6 Å². The molecule has 0 aromatic rings. The molecular formula is C63H122O6. The van der Waals surface area contributed by atoms with Gasteiger partial charge < -0.3 is 14.2 Å². The molecule has 0 aliphatic carbocycles. The van der Waals surface area contributed by atoms with E-state index < -0.39 is 6.10 Å². The fraction of sp³-hybridized carbons (Fsp3) is 0.952. The first kappa shape index (κ1) is 67.4. The standard InChI is InChI=1S/C63H122O6/c1-6-7-8-9-10-11-12-13-23-30-35-40-45-50-55-63(66)69-60(57-68-62(65)54-49-44-39-34-29-25-20-16-18-22-27-32-37-42-47-52-59(4)5)56-67-61(64)53-48-43-38-33-28-24-19-15-14-17-21-26-31-36-41-46-51-58(2)3/h58-60H,6-57H2,1-5H3/t60-/m1/s1. The van der Waals surface area contributed by atoms with E-state index in [1.165, 1.54) is 244 Å². The molecule has 0 amide bonds. The molecule has 410 valence electrons. The van der Waals surface area contributed by atoms with Gasteiger partial charge in [-0.05, 0) is 31.1 Å². The van der Waals surface area contributed by atoms with Crippen molar-refractivity contribution in [2.75, 3.05) is 13.2 Å². The quantitative estimate of drug-likeness (QED) is 0.0343. The number of rotatable bonds is 57. The summed E-state index contributed by atoms with van der Waals surface area (Å²) in [7, 11) is 0. The lowest BCUT2D eigenvalue weighted by Crippen LogP contribution is -2.30. The van der Waals surface area contributed by atoms with Crippen LogP contribution in [0.25, 0.3) is 0 Å². The smallest absolute Gasteiger partial charge is 0.306 e.